The molecule has 8 nitrogen and oxygen atoms in total. The van der Waals surface area contributed by atoms with Crippen LogP contribution in [0.5, 0.6) is 0 Å². The molecule has 2 atom stereocenters. The first kappa shape index (κ1) is 25.6. The van der Waals surface area contributed by atoms with E-state index in [1.54, 1.807) is 24.3 Å². The van der Waals surface area contributed by atoms with Crippen molar-refractivity contribution in [3.05, 3.63) is 29.8 Å². The van der Waals surface area contributed by atoms with Crippen LogP contribution in [0.15, 0.2) is 34.2 Å². The van der Waals surface area contributed by atoms with E-state index in [1.807, 2.05) is 25.7 Å². The van der Waals surface area contributed by atoms with E-state index in [1.165, 1.54) is 7.11 Å². The molecule has 0 aromatic heterocycles. The van der Waals surface area contributed by atoms with Gasteiger partial charge >= 0.3 is 5.97 Å². The van der Waals surface area contributed by atoms with Gasteiger partial charge in [-0.3, -0.25) is 9.79 Å². The Morgan fingerprint density at radius 3 is 2.52 bits per heavy atom. The number of guanidine groups is 1. The van der Waals surface area contributed by atoms with Gasteiger partial charge in [-0.05, 0) is 31.9 Å². The Balaban J connectivity index is 0.00000420. The Labute approximate surface area is 190 Å². The van der Waals surface area contributed by atoms with E-state index in [9.17, 15) is 13.2 Å². The molecule has 10 heteroatoms. The summed E-state index contributed by atoms with van der Waals surface area (Å²) in [6.45, 7) is 8.28. The molecule has 1 aromatic carbocycles. The summed E-state index contributed by atoms with van der Waals surface area (Å²) in [5.74, 6) is 0.442. The Morgan fingerprint density at radius 2 is 1.93 bits per heavy atom. The summed E-state index contributed by atoms with van der Waals surface area (Å²) in [4.78, 5) is 18.7. The van der Waals surface area contributed by atoms with Crippen molar-refractivity contribution < 1.29 is 17.9 Å². The molecule has 1 aliphatic rings. The third kappa shape index (κ3) is 7.10. The molecule has 2 rings (SSSR count). The number of hydrogen-bond acceptors (Lipinski definition) is 5. The number of aliphatic imine (C=N–C) groups is 1. The zero-order valence-corrected chi connectivity index (χ0v) is 20.5. The molecule has 164 valence electrons. The first-order chi connectivity index (χ1) is 13.3. The van der Waals surface area contributed by atoms with E-state index < -0.39 is 10.0 Å². The molecule has 1 heterocycles. The SMILES string of the molecule is CCNC(=NCCNS(=O)(=O)c1ccc(C)cc1)N1CC(C)C(C(=O)OC)C1.I. The minimum absolute atomic E-state index is 0. The number of carbonyl (C=O) groups is 1. The van der Waals surface area contributed by atoms with Crippen LogP contribution in [0.2, 0.25) is 0 Å². The third-order valence-electron chi connectivity index (χ3n) is 4.75. The Bertz CT molecular complexity index is 799. The number of nitrogens with one attached hydrogen (secondary N) is 2. The molecule has 0 spiro atoms. The van der Waals surface area contributed by atoms with E-state index in [4.69, 9.17) is 4.74 Å². The van der Waals surface area contributed by atoms with E-state index in [0.29, 0.717) is 32.1 Å². The number of rotatable bonds is 7. The van der Waals surface area contributed by atoms with E-state index in [2.05, 4.69) is 15.0 Å². The topological polar surface area (TPSA) is 100 Å². The van der Waals surface area contributed by atoms with Crippen molar-refractivity contribution >= 4 is 45.9 Å². The lowest BCUT2D eigenvalue weighted by atomic mass is 9.99. The Morgan fingerprint density at radius 1 is 1.28 bits per heavy atom. The predicted octanol–water partition coefficient (Wildman–Crippen LogP) is 1.60. The highest BCUT2D eigenvalue weighted by molar-refractivity contribution is 14.0. The van der Waals surface area contributed by atoms with Crippen molar-refractivity contribution in [1.29, 1.82) is 0 Å². The van der Waals surface area contributed by atoms with Gasteiger partial charge in [-0.2, -0.15) is 0 Å². The van der Waals surface area contributed by atoms with Crippen molar-refractivity contribution in [2.75, 3.05) is 39.8 Å². The maximum Gasteiger partial charge on any atom is 0.310 e. The summed E-state index contributed by atoms with van der Waals surface area (Å²) < 4.78 is 32.1. The second-order valence-electron chi connectivity index (χ2n) is 6.96. The Kier molecular flexibility index (Phi) is 10.3. The molecule has 0 radical (unpaired) electrons. The summed E-state index contributed by atoms with van der Waals surface area (Å²) in [7, 11) is -2.15. The molecule has 29 heavy (non-hydrogen) atoms. The summed E-state index contributed by atoms with van der Waals surface area (Å²) in [5.41, 5.74) is 1.00. The molecule has 0 bridgehead atoms. The number of nitrogens with zero attached hydrogens (tertiary/aromatic N) is 2. The fourth-order valence-electron chi connectivity index (χ4n) is 3.17. The summed E-state index contributed by atoms with van der Waals surface area (Å²) in [6.07, 6.45) is 0. The van der Waals surface area contributed by atoms with Gasteiger partial charge in [0.05, 0.1) is 24.5 Å². The average Bonchev–Trinajstić information content (AvgIpc) is 3.05. The number of methoxy groups -OCH3 is 1. The number of carbonyl (C=O) groups excluding carboxylic acids is 1. The molecule has 0 amide bonds. The number of hydrogen-bond donors (Lipinski definition) is 2. The zero-order chi connectivity index (χ0) is 20.7. The maximum absolute atomic E-state index is 12.3. The second-order valence-corrected chi connectivity index (χ2v) is 8.73. The lowest BCUT2D eigenvalue weighted by Crippen LogP contribution is -2.41. The van der Waals surface area contributed by atoms with Gasteiger partial charge in [0.1, 0.15) is 0 Å². The molecular formula is C19H31IN4O4S. The number of ether oxygens (including phenoxy) is 1. The van der Waals surface area contributed by atoms with Crippen LogP contribution >= 0.6 is 24.0 Å². The predicted molar refractivity (Wildman–Crippen MR) is 124 cm³/mol. The van der Waals surface area contributed by atoms with Crippen molar-refractivity contribution in [3.63, 3.8) is 0 Å². The summed E-state index contributed by atoms with van der Waals surface area (Å²) in [6, 6.07) is 6.71. The van der Waals surface area contributed by atoms with E-state index >= 15 is 0 Å². The van der Waals surface area contributed by atoms with E-state index in [-0.39, 0.29) is 53.2 Å². The van der Waals surface area contributed by atoms with Crippen LogP contribution < -0.4 is 10.0 Å². The first-order valence-corrected chi connectivity index (χ1v) is 10.9. The molecule has 1 aliphatic heterocycles. The minimum atomic E-state index is -3.55. The van der Waals surface area contributed by atoms with Crippen LogP contribution in [0.3, 0.4) is 0 Å². The molecule has 1 fully saturated rings. The largest absolute Gasteiger partial charge is 0.469 e. The second kappa shape index (κ2) is 11.7. The smallest absolute Gasteiger partial charge is 0.310 e. The van der Waals surface area contributed by atoms with Crippen LogP contribution in [-0.4, -0.2) is 65.1 Å². The van der Waals surface area contributed by atoms with Crippen molar-refractivity contribution in [2.45, 2.75) is 25.7 Å². The van der Waals surface area contributed by atoms with Gasteiger partial charge < -0.3 is 15.0 Å². The molecule has 2 unspecified atom stereocenters. The highest BCUT2D eigenvalue weighted by Gasteiger charge is 2.36. The van der Waals surface area contributed by atoms with Gasteiger partial charge in [0.2, 0.25) is 10.0 Å². The van der Waals surface area contributed by atoms with Gasteiger partial charge in [-0.15, -0.1) is 24.0 Å². The molecule has 1 saturated heterocycles. The van der Waals surface area contributed by atoms with Gasteiger partial charge in [0, 0.05) is 26.2 Å². The van der Waals surface area contributed by atoms with Gasteiger partial charge in [0.15, 0.2) is 5.96 Å². The van der Waals surface area contributed by atoms with Crippen LogP contribution in [0.4, 0.5) is 0 Å². The van der Waals surface area contributed by atoms with Crippen LogP contribution in [0.25, 0.3) is 0 Å². The molecule has 1 aromatic rings. The standard InChI is InChI=1S/C19H30N4O4S.HI/c1-5-20-19(23-12-15(3)17(13-23)18(24)27-4)21-10-11-22-28(25,26)16-8-6-14(2)7-9-16;/h6-9,15,17,22H,5,10-13H2,1-4H3,(H,20,21);1H. The Hall–Kier alpha value is -1.40. The number of esters is 1. The average molecular weight is 538 g/mol. The first-order valence-electron chi connectivity index (χ1n) is 9.46. The van der Waals surface area contributed by atoms with Crippen molar-refractivity contribution in [3.8, 4) is 0 Å². The van der Waals surface area contributed by atoms with Crippen LogP contribution in [-0.2, 0) is 19.6 Å². The number of likely N-dealkylation sites (tertiary alicyclic amines) is 1. The van der Waals surface area contributed by atoms with Crippen LogP contribution in [0.1, 0.15) is 19.4 Å². The lowest BCUT2D eigenvalue weighted by molar-refractivity contribution is -0.145. The summed E-state index contributed by atoms with van der Waals surface area (Å²) in [5, 5.41) is 3.20. The van der Waals surface area contributed by atoms with Crippen molar-refractivity contribution in [2.24, 2.45) is 16.8 Å². The molecule has 2 N–H and O–H groups in total. The van der Waals surface area contributed by atoms with Gasteiger partial charge in [0.25, 0.3) is 0 Å². The fourth-order valence-corrected chi connectivity index (χ4v) is 4.19. The number of aryl methyl sites for hydroxylation is 1. The molecule has 0 aliphatic carbocycles. The van der Waals surface area contributed by atoms with Gasteiger partial charge in [-0.25, -0.2) is 13.1 Å². The number of sulfonamides is 1. The van der Waals surface area contributed by atoms with E-state index in [0.717, 1.165) is 5.56 Å². The number of benzene rings is 1. The maximum atomic E-state index is 12.3. The van der Waals surface area contributed by atoms with Gasteiger partial charge in [-0.1, -0.05) is 24.6 Å². The summed E-state index contributed by atoms with van der Waals surface area (Å²) >= 11 is 0. The highest BCUT2D eigenvalue weighted by atomic mass is 127. The highest BCUT2D eigenvalue weighted by Crippen LogP contribution is 2.24. The quantitative estimate of drug-likeness (QED) is 0.180. The normalized spacial score (nSPS) is 19.6. The monoisotopic (exact) mass is 538 g/mol. The lowest BCUT2D eigenvalue weighted by Gasteiger charge is -2.21. The zero-order valence-electron chi connectivity index (χ0n) is 17.3. The third-order valence-corrected chi connectivity index (χ3v) is 6.22. The minimum Gasteiger partial charge on any atom is -0.469 e. The number of halogens is 1. The van der Waals surface area contributed by atoms with Crippen molar-refractivity contribution in [1.82, 2.24) is 14.9 Å². The molecular weight excluding hydrogens is 507 g/mol. The van der Waals surface area contributed by atoms with Crippen LogP contribution in [0, 0.1) is 18.8 Å². The molecule has 0 saturated carbocycles. The fraction of sp³-hybridized carbons (Fsp3) is 0.579.